The van der Waals surface area contributed by atoms with Gasteiger partial charge < -0.3 is 14.6 Å². The van der Waals surface area contributed by atoms with Crippen LogP contribution in [0.1, 0.15) is 39.5 Å². The number of rotatable bonds is 6. The van der Waals surface area contributed by atoms with Crippen molar-refractivity contribution in [1.82, 2.24) is 0 Å². The van der Waals surface area contributed by atoms with Gasteiger partial charge in [-0.25, -0.2) is 0 Å². The van der Waals surface area contributed by atoms with Crippen LogP contribution in [0.2, 0.25) is 0 Å². The van der Waals surface area contributed by atoms with Gasteiger partial charge >= 0.3 is 5.97 Å². The second kappa shape index (κ2) is 6.86. The van der Waals surface area contributed by atoms with Crippen LogP contribution in [0.25, 0.3) is 0 Å². The molecule has 3 atom stereocenters. The topological polar surface area (TPSA) is 55.8 Å². The molecule has 0 aromatic carbocycles. The molecular formula is C12H22O4. The van der Waals surface area contributed by atoms with E-state index in [1.54, 1.807) is 0 Å². The highest BCUT2D eigenvalue weighted by Gasteiger charge is 2.32. The lowest BCUT2D eigenvalue weighted by Crippen LogP contribution is -2.38. The van der Waals surface area contributed by atoms with Gasteiger partial charge in [-0.2, -0.15) is 0 Å². The van der Waals surface area contributed by atoms with Crippen molar-refractivity contribution >= 4 is 5.97 Å². The van der Waals surface area contributed by atoms with Crippen LogP contribution >= 0.6 is 0 Å². The molecule has 1 N–H and O–H groups in total. The Morgan fingerprint density at radius 2 is 1.81 bits per heavy atom. The summed E-state index contributed by atoms with van der Waals surface area (Å²) in [5.74, 6) is -0.471. The van der Waals surface area contributed by atoms with Gasteiger partial charge in [0.25, 0.3) is 0 Å². The molecule has 16 heavy (non-hydrogen) atoms. The Kier molecular flexibility index (Phi) is 5.77. The van der Waals surface area contributed by atoms with Crippen molar-refractivity contribution in [3.05, 3.63) is 0 Å². The highest BCUT2D eigenvalue weighted by Crippen LogP contribution is 2.30. The standard InChI is InChI=1S/C12H22O4/c1-3-15-10-6-5-9(8-12(13)14)7-11(10)16-4-2/h9-11H,3-8H2,1-2H3,(H,13,14). The maximum Gasteiger partial charge on any atom is 0.303 e. The number of carboxylic acid groups (broad SMARTS) is 1. The van der Waals surface area contributed by atoms with E-state index < -0.39 is 5.97 Å². The van der Waals surface area contributed by atoms with Crippen molar-refractivity contribution in [2.75, 3.05) is 13.2 Å². The lowest BCUT2D eigenvalue weighted by atomic mass is 9.83. The minimum Gasteiger partial charge on any atom is -0.481 e. The molecule has 3 unspecified atom stereocenters. The predicted octanol–water partition coefficient (Wildman–Crippen LogP) is 2.07. The second-order valence-corrected chi connectivity index (χ2v) is 4.26. The number of aliphatic carboxylic acids is 1. The smallest absolute Gasteiger partial charge is 0.303 e. The largest absolute Gasteiger partial charge is 0.481 e. The molecule has 4 heteroatoms. The van der Waals surface area contributed by atoms with Crippen LogP contribution in [0.4, 0.5) is 0 Å². The first-order valence-electron chi connectivity index (χ1n) is 6.12. The maximum absolute atomic E-state index is 10.7. The molecule has 94 valence electrons. The molecule has 0 aromatic rings. The summed E-state index contributed by atoms with van der Waals surface area (Å²) < 4.78 is 11.3. The zero-order valence-electron chi connectivity index (χ0n) is 10.1. The molecule has 1 rings (SSSR count). The molecule has 1 aliphatic rings. The lowest BCUT2D eigenvalue weighted by molar-refractivity contribution is -0.140. The van der Waals surface area contributed by atoms with Crippen molar-refractivity contribution in [2.45, 2.75) is 51.7 Å². The summed E-state index contributed by atoms with van der Waals surface area (Å²) in [5, 5.41) is 8.78. The van der Waals surface area contributed by atoms with E-state index in [0.29, 0.717) is 13.2 Å². The quantitative estimate of drug-likeness (QED) is 0.759. The fourth-order valence-corrected chi connectivity index (χ4v) is 2.41. The van der Waals surface area contributed by atoms with Crippen LogP contribution in [-0.4, -0.2) is 36.5 Å². The van der Waals surface area contributed by atoms with Gasteiger partial charge in [-0.1, -0.05) is 0 Å². The third-order valence-electron chi connectivity index (χ3n) is 3.06. The molecule has 0 heterocycles. The molecule has 0 radical (unpaired) electrons. The minimum atomic E-state index is -0.713. The number of hydrogen-bond acceptors (Lipinski definition) is 3. The summed E-state index contributed by atoms with van der Waals surface area (Å²) in [7, 11) is 0. The number of carboxylic acids is 1. The summed E-state index contributed by atoms with van der Waals surface area (Å²) >= 11 is 0. The molecular weight excluding hydrogens is 208 g/mol. The molecule has 0 bridgehead atoms. The van der Waals surface area contributed by atoms with Gasteiger partial charge in [-0.05, 0) is 39.0 Å². The summed E-state index contributed by atoms with van der Waals surface area (Å²) in [5.41, 5.74) is 0. The van der Waals surface area contributed by atoms with E-state index in [-0.39, 0.29) is 24.5 Å². The van der Waals surface area contributed by atoms with Crippen molar-refractivity contribution in [1.29, 1.82) is 0 Å². The Morgan fingerprint density at radius 1 is 1.19 bits per heavy atom. The molecule has 0 aromatic heterocycles. The molecule has 4 nitrogen and oxygen atoms in total. The van der Waals surface area contributed by atoms with Crippen LogP contribution in [0.15, 0.2) is 0 Å². The van der Waals surface area contributed by atoms with Crippen LogP contribution in [0.5, 0.6) is 0 Å². The van der Waals surface area contributed by atoms with E-state index in [1.165, 1.54) is 0 Å². The Labute approximate surface area is 96.9 Å². The van der Waals surface area contributed by atoms with E-state index in [9.17, 15) is 4.79 Å². The molecule has 1 saturated carbocycles. The molecule has 1 aliphatic carbocycles. The zero-order chi connectivity index (χ0) is 12.0. The van der Waals surface area contributed by atoms with Gasteiger partial charge in [0, 0.05) is 19.6 Å². The Morgan fingerprint density at radius 3 is 2.38 bits per heavy atom. The van der Waals surface area contributed by atoms with Gasteiger partial charge in [0.15, 0.2) is 0 Å². The number of hydrogen-bond donors (Lipinski definition) is 1. The van der Waals surface area contributed by atoms with E-state index in [4.69, 9.17) is 14.6 Å². The lowest BCUT2D eigenvalue weighted by Gasteiger charge is -2.35. The Balaban J connectivity index is 2.46. The van der Waals surface area contributed by atoms with Crippen molar-refractivity contribution in [3.8, 4) is 0 Å². The molecule has 0 amide bonds. The van der Waals surface area contributed by atoms with Crippen molar-refractivity contribution in [3.63, 3.8) is 0 Å². The average Bonchev–Trinajstić information content (AvgIpc) is 2.21. The minimum absolute atomic E-state index is 0.0723. The van der Waals surface area contributed by atoms with Gasteiger partial charge in [0.05, 0.1) is 12.2 Å². The first kappa shape index (κ1) is 13.5. The maximum atomic E-state index is 10.7. The zero-order valence-corrected chi connectivity index (χ0v) is 10.1. The fourth-order valence-electron chi connectivity index (χ4n) is 2.41. The van der Waals surface area contributed by atoms with Gasteiger partial charge in [0.1, 0.15) is 0 Å². The molecule has 0 aliphatic heterocycles. The third kappa shape index (κ3) is 4.10. The monoisotopic (exact) mass is 230 g/mol. The fraction of sp³-hybridized carbons (Fsp3) is 0.917. The highest BCUT2D eigenvalue weighted by atomic mass is 16.5. The van der Waals surface area contributed by atoms with Crippen molar-refractivity contribution < 1.29 is 19.4 Å². The van der Waals surface area contributed by atoms with Crippen LogP contribution in [-0.2, 0) is 14.3 Å². The van der Waals surface area contributed by atoms with Gasteiger partial charge in [-0.3, -0.25) is 4.79 Å². The number of ether oxygens (including phenoxy) is 2. The highest BCUT2D eigenvalue weighted by molar-refractivity contribution is 5.67. The summed E-state index contributed by atoms with van der Waals surface area (Å²) in [6.07, 6.45) is 3.13. The van der Waals surface area contributed by atoms with E-state index >= 15 is 0 Å². The van der Waals surface area contributed by atoms with Gasteiger partial charge in [0.2, 0.25) is 0 Å². The molecule has 0 spiro atoms. The average molecular weight is 230 g/mol. The van der Waals surface area contributed by atoms with Crippen molar-refractivity contribution in [2.24, 2.45) is 5.92 Å². The summed E-state index contributed by atoms with van der Waals surface area (Å²) in [6, 6.07) is 0. The Hall–Kier alpha value is -0.610. The van der Waals surface area contributed by atoms with E-state index in [1.807, 2.05) is 13.8 Å². The first-order chi connectivity index (χ1) is 7.67. The van der Waals surface area contributed by atoms with Crippen LogP contribution in [0.3, 0.4) is 0 Å². The second-order valence-electron chi connectivity index (χ2n) is 4.26. The third-order valence-corrected chi connectivity index (χ3v) is 3.06. The molecule has 1 fully saturated rings. The summed E-state index contributed by atoms with van der Waals surface area (Å²) in [6.45, 7) is 5.29. The molecule has 0 saturated heterocycles. The predicted molar refractivity (Wildman–Crippen MR) is 60.4 cm³/mol. The summed E-state index contributed by atoms with van der Waals surface area (Å²) in [4.78, 5) is 10.7. The van der Waals surface area contributed by atoms with Crippen LogP contribution < -0.4 is 0 Å². The normalized spacial score (nSPS) is 30.2. The van der Waals surface area contributed by atoms with E-state index in [2.05, 4.69) is 0 Å². The number of carbonyl (C=O) groups is 1. The van der Waals surface area contributed by atoms with Gasteiger partial charge in [-0.15, -0.1) is 0 Å². The van der Waals surface area contributed by atoms with Crippen LogP contribution in [0, 0.1) is 5.92 Å². The first-order valence-corrected chi connectivity index (χ1v) is 6.12. The van der Waals surface area contributed by atoms with E-state index in [0.717, 1.165) is 19.3 Å². The SMILES string of the molecule is CCOC1CCC(CC(=O)O)CC1OCC. The Bertz CT molecular complexity index is 217.